The van der Waals surface area contributed by atoms with Gasteiger partial charge in [-0.05, 0) is 29.3 Å². The van der Waals surface area contributed by atoms with Crippen LogP contribution in [0.5, 0.6) is 0 Å². The molecule has 0 aliphatic heterocycles. The van der Waals surface area contributed by atoms with Crippen molar-refractivity contribution >= 4 is 35.2 Å². The largest absolute Gasteiger partial charge is 0.342 e. The third-order valence-electron chi connectivity index (χ3n) is 3.95. The van der Waals surface area contributed by atoms with Crippen LogP contribution in [0.2, 0.25) is 10.0 Å². The van der Waals surface area contributed by atoms with Crippen molar-refractivity contribution in [2.24, 2.45) is 0 Å². The first kappa shape index (κ1) is 18.2. The van der Waals surface area contributed by atoms with Gasteiger partial charge in [-0.1, -0.05) is 89.9 Å². The van der Waals surface area contributed by atoms with Crippen LogP contribution in [0.25, 0.3) is 6.08 Å². The Morgan fingerprint density at radius 2 is 1.27 bits per heavy atom. The van der Waals surface area contributed by atoms with E-state index in [9.17, 15) is 4.79 Å². The maximum Gasteiger partial charge on any atom is 0.244 e. The quantitative estimate of drug-likeness (QED) is 0.546. The highest BCUT2D eigenvalue weighted by Crippen LogP contribution is 2.26. The number of halogens is 2. The van der Waals surface area contributed by atoms with E-state index in [2.05, 4.69) is 5.32 Å². The Kier molecular flexibility index (Phi) is 6.11. The predicted molar refractivity (Wildman–Crippen MR) is 108 cm³/mol. The van der Waals surface area contributed by atoms with Crippen molar-refractivity contribution in [1.29, 1.82) is 0 Å². The zero-order chi connectivity index (χ0) is 18.4. The van der Waals surface area contributed by atoms with Gasteiger partial charge in [0.25, 0.3) is 0 Å². The molecule has 3 rings (SSSR count). The second-order valence-electron chi connectivity index (χ2n) is 5.73. The molecule has 0 saturated carbocycles. The van der Waals surface area contributed by atoms with E-state index >= 15 is 0 Å². The fourth-order valence-electron chi connectivity index (χ4n) is 2.67. The van der Waals surface area contributed by atoms with Crippen LogP contribution in [0.1, 0.15) is 22.7 Å². The lowest BCUT2D eigenvalue weighted by Gasteiger charge is -2.19. The van der Waals surface area contributed by atoms with E-state index < -0.39 is 0 Å². The Balaban J connectivity index is 1.83. The van der Waals surface area contributed by atoms with Crippen molar-refractivity contribution in [1.82, 2.24) is 5.32 Å². The average Bonchev–Trinajstić information content (AvgIpc) is 2.67. The molecule has 0 heterocycles. The maximum absolute atomic E-state index is 12.5. The molecule has 0 atom stereocenters. The highest BCUT2D eigenvalue weighted by atomic mass is 35.5. The first-order valence-electron chi connectivity index (χ1n) is 8.17. The number of benzene rings is 3. The molecule has 0 aliphatic rings. The lowest BCUT2D eigenvalue weighted by Crippen LogP contribution is -2.27. The molecule has 0 radical (unpaired) electrons. The minimum atomic E-state index is -0.240. The average molecular weight is 382 g/mol. The van der Waals surface area contributed by atoms with Gasteiger partial charge in [0.2, 0.25) is 5.91 Å². The Morgan fingerprint density at radius 3 is 1.77 bits per heavy atom. The smallest absolute Gasteiger partial charge is 0.244 e. The number of carbonyl (C=O) groups is 1. The van der Waals surface area contributed by atoms with Gasteiger partial charge in [-0.3, -0.25) is 4.79 Å². The highest BCUT2D eigenvalue weighted by Gasteiger charge is 2.15. The maximum atomic E-state index is 12.5. The van der Waals surface area contributed by atoms with Crippen molar-refractivity contribution in [2.75, 3.05) is 0 Å². The van der Waals surface area contributed by atoms with Gasteiger partial charge in [-0.25, -0.2) is 0 Å². The van der Waals surface area contributed by atoms with E-state index in [1.807, 2.05) is 60.7 Å². The Hall–Kier alpha value is -2.55. The molecule has 0 spiro atoms. The molecule has 4 heteroatoms. The van der Waals surface area contributed by atoms with Gasteiger partial charge in [0.15, 0.2) is 0 Å². The Bertz CT molecular complexity index is 848. The van der Waals surface area contributed by atoms with E-state index in [-0.39, 0.29) is 11.9 Å². The van der Waals surface area contributed by atoms with Crippen molar-refractivity contribution in [2.45, 2.75) is 6.04 Å². The predicted octanol–water partition coefficient (Wildman–Crippen LogP) is 5.91. The van der Waals surface area contributed by atoms with Gasteiger partial charge in [0, 0.05) is 21.7 Å². The lowest BCUT2D eigenvalue weighted by atomic mass is 9.98. The molecule has 1 amide bonds. The zero-order valence-corrected chi connectivity index (χ0v) is 15.4. The molecule has 0 bridgehead atoms. The van der Waals surface area contributed by atoms with E-state index in [4.69, 9.17) is 23.2 Å². The van der Waals surface area contributed by atoms with Gasteiger partial charge in [0.05, 0.1) is 6.04 Å². The van der Waals surface area contributed by atoms with Crippen molar-refractivity contribution < 1.29 is 4.79 Å². The van der Waals surface area contributed by atoms with Gasteiger partial charge < -0.3 is 5.32 Å². The number of rotatable bonds is 5. The van der Waals surface area contributed by atoms with E-state index in [0.717, 1.165) is 11.1 Å². The second-order valence-corrected chi connectivity index (χ2v) is 6.55. The van der Waals surface area contributed by atoms with E-state index in [1.54, 1.807) is 24.3 Å². The van der Waals surface area contributed by atoms with Crippen molar-refractivity contribution in [3.8, 4) is 0 Å². The van der Waals surface area contributed by atoms with Crippen LogP contribution in [0, 0.1) is 0 Å². The molecule has 0 fully saturated rings. The number of nitrogens with one attached hydrogen (secondary N) is 1. The highest BCUT2D eigenvalue weighted by molar-refractivity contribution is 6.37. The summed E-state index contributed by atoms with van der Waals surface area (Å²) in [5.41, 5.74) is 2.65. The van der Waals surface area contributed by atoms with Gasteiger partial charge in [-0.15, -0.1) is 0 Å². The van der Waals surface area contributed by atoms with Crippen LogP contribution in [-0.4, -0.2) is 5.91 Å². The molecule has 130 valence electrons. The molecule has 1 N–H and O–H groups in total. The minimum Gasteiger partial charge on any atom is -0.342 e. The zero-order valence-electron chi connectivity index (χ0n) is 13.9. The standard InChI is InChI=1S/C22H17Cl2NO/c23-19-12-7-13-20(24)18(19)14-15-21(26)25-22(16-8-3-1-4-9-16)17-10-5-2-6-11-17/h1-15,22H,(H,25,26). The molecular formula is C22H17Cl2NO. The van der Waals surface area contributed by atoms with Crippen LogP contribution in [0.3, 0.4) is 0 Å². The summed E-state index contributed by atoms with van der Waals surface area (Å²) in [6, 6.07) is 24.7. The number of carbonyl (C=O) groups excluding carboxylic acids is 1. The van der Waals surface area contributed by atoms with Gasteiger partial charge in [0.1, 0.15) is 0 Å². The fourth-order valence-corrected chi connectivity index (χ4v) is 3.19. The van der Waals surface area contributed by atoms with Crippen molar-refractivity contribution in [3.63, 3.8) is 0 Å². The third-order valence-corrected chi connectivity index (χ3v) is 4.61. The summed E-state index contributed by atoms with van der Waals surface area (Å²) in [6.45, 7) is 0. The molecular weight excluding hydrogens is 365 g/mol. The summed E-state index contributed by atoms with van der Waals surface area (Å²) < 4.78 is 0. The van der Waals surface area contributed by atoms with Gasteiger partial charge in [-0.2, -0.15) is 0 Å². The second kappa shape index (κ2) is 8.70. The summed E-state index contributed by atoms with van der Waals surface area (Å²) in [7, 11) is 0. The molecule has 3 aromatic rings. The van der Waals surface area contributed by atoms with Crippen LogP contribution in [0.4, 0.5) is 0 Å². The minimum absolute atomic E-state index is 0.223. The van der Waals surface area contributed by atoms with Crippen LogP contribution >= 0.6 is 23.2 Å². The van der Waals surface area contributed by atoms with Gasteiger partial charge >= 0.3 is 0 Å². The molecule has 0 saturated heterocycles. The molecule has 0 aliphatic carbocycles. The fraction of sp³-hybridized carbons (Fsp3) is 0.0455. The van der Waals surface area contributed by atoms with Crippen molar-refractivity contribution in [3.05, 3.63) is 112 Å². The van der Waals surface area contributed by atoms with E-state index in [0.29, 0.717) is 15.6 Å². The lowest BCUT2D eigenvalue weighted by molar-refractivity contribution is -0.116. The third kappa shape index (κ3) is 4.54. The van der Waals surface area contributed by atoms with Crippen LogP contribution in [0.15, 0.2) is 84.9 Å². The topological polar surface area (TPSA) is 29.1 Å². The molecule has 26 heavy (non-hydrogen) atoms. The normalized spacial score (nSPS) is 11.0. The first-order valence-corrected chi connectivity index (χ1v) is 8.93. The first-order chi connectivity index (χ1) is 12.6. The number of amides is 1. The molecule has 3 aromatic carbocycles. The van der Waals surface area contributed by atoms with Crippen LogP contribution < -0.4 is 5.32 Å². The monoisotopic (exact) mass is 381 g/mol. The summed E-state index contributed by atoms with van der Waals surface area (Å²) >= 11 is 12.3. The Morgan fingerprint density at radius 1 is 0.769 bits per heavy atom. The summed E-state index contributed by atoms with van der Waals surface area (Å²) in [5.74, 6) is -0.223. The van der Waals surface area contributed by atoms with Crippen LogP contribution in [-0.2, 0) is 4.79 Å². The molecule has 0 aromatic heterocycles. The summed E-state index contributed by atoms with van der Waals surface area (Å²) in [6.07, 6.45) is 3.08. The number of hydrogen-bond acceptors (Lipinski definition) is 1. The summed E-state index contributed by atoms with van der Waals surface area (Å²) in [4.78, 5) is 12.5. The Labute approximate surface area is 163 Å². The molecule has 0 unspecified atom stereocenters. The SMILES string of the molecule is O=C(C=Cc1c(Cl)cccc1Cl)NC(c1ccccc1)c1ccccc1. The summed E-state index contributed by atoms with van der Waals surface area (Å²) in [5, 5.41) is 4.05. The van der Waals surface area contributed by atoms with E-state index in [1.165, 1.54) is 6.08 Å². The molecule has 2 nitrogen and oxygen atoms in total. The number of hydrogen-bond donors (Lipinski definition) is 1.